The van der Waals surface area contributed by atoms with Crippen LogP contribution < -0.4 is 10.1 Å². The molecular formula is C16H24BrNO. The second-order valence-corrected chi connectivity index (χ2v) is 6.34. The van der Waals surface area contributed by atoms with Crippen molar-refractivity contribution in [3.63, 3.8) is 0 Å². The minimum Gasteiger partial charge on any atom is -0.496 e. The zero-order chi connectivity index (χ0) is 13.7. The Morgan fingerprint density at radius 3 is 2.79 bits per heavy atom. The fourth-order valence-corrected chi connectivity index (χ4v) is 3.01. The Kier molecular flexibility index (Phi) is 5.71. The molecule has 1 aromatic carbocycles. The summed E-state index contributed by atoms with van der Waals surface area (Å²) in [6.45, 7) is 3.28. The molecule has 1 aromatic rings. The fraction of sp³-hybridized carbons (Fsp3) is 0.625. The predicted octanol–water partition coefficient (Wildman–Crippen LogP) is 4.69. The van der Waals surface area contributed by atoms with Crippen molar-refractivity contribution in [1.82, 2.24) is 5.32 Å². The quantitative estimate of drug-likeness (QED) is 0.785. The summed E-state index contributed by atoms with van der Waals surface area (Å²) < 4.78 is 6.63. The summed E-state index contributed by atoms with van der Waals surface area (Å²) in [5, 5.41) is 3.68. The molecule has 0 aromatic heterocycles. The van der Waals surface area contributed by atoms with Crippen LogP contribution in [0, 0.1) is 5.92 Å². The lowest BCUT2D eigenvalue weighted by Crippen LogP contribution is -2.27. The van der Waals surface area contributed by atoms with Crippen LogP contribution in [0.25, 0.3) is 0 Å². The number of rotatable bonds is 7. The van der Waals surface area contributed by atoms with E-state index in [9.17, 15) is 0 Å². The van der Waals surface area contributed by atoms with Crippen molar-refractivity contribution >= 4 is 15.9 Å². The van der Waals surface area contributed by atoms with Gasteiger partial charge in [0.2, 0.25) is 0 Å². The van der Waals surface area contributed by atoms with Crippen molar-refractivity contribution in [3.8, 4) is 5.75 Å². The van der Waals surface area contributed by atoms with Crippen LogP contribution in [0.5, 0.6) is 5.75 Å². The molecular weight excluding hydrogens is 302 g/mol. The first-order valence-corrected chi connectivity index (χ1v) is 8.10. The van der Waals surface area contributed by atoms with Crippen LogP contribution in [0.3, 0.4) is 0 Å². The Bertz CT molecular complexity index is 404. The summed E-state index contributed by atoms with van der Waals surface area (Å²) in [5.41, 5.74) is 1.30. The van der Waals surface area contributed by atoms with Gasteiger partial charge in [0.15, 0.2) is 0 Å². The van der Waals surface area contributed by atoms with Gasteiger partial charge in [0.05, 0.1) is 7.11 Å². The van der Waals surface area contributed by atoms with Gasteiger partial charge < -0.3 is 10.1 Å². The highest BCUT2D eigenvalue weighted by Gasteiger charge is 2.24. The van der Waals surface area contributed by atoms with Crippen LogP contribution in [-0.4, -0.2) is 13.7 Å². The summed E-state index contributed by atoms with van der Waals surface area (Å²) in [7, 11) is 1.76. The molecule has 0 radical (unpaired) electrons. The first kappa shape index (κ1) is 14.9. The maximum Gasteiger partial charge on any atom is 0.124 e. The first-order valence-electron chi connectivity index (χ1n) is 7.31. The molecule has 1 aliphatic carbocycles. The van der Waals surface area contributed by atoms with Crippen molar-refractivity contribution in [3.05, 3.63) is 28.2 Å². The smallest absolute Gasteiger partial charge is 0.124 e. The lowest BCUT2D eigenvalue weighted by molar-refractivity contribution is 0.258. The molecule has 1 atom stereocenters. The van der Waals surface area contributed by atoms with Gasteiger partial charge in [-0.3, -0.25) is 0 Å². The second kappa shape index (κ2) is 7.30. The van der Waals surface area contributed by atoms with Gasteiger partial charge in [-0.25, -0.2) is 0 Å². The van der Waals surface area contributed by atoms with Crippen molar-refractivity contribution in [2.75, 3.05) is 13.7 Å². The molecule has 2 rings (SSSR count). The molecule has 1 saturated carbocycles. The second-order valence-electron chi connectivity index (χ2n) is 5.43. The van der Waals surface area contributed by atoms with E-state index in [2.05, 4.69) is 46.4 Å². The van der Waals surface area contributed by atoms with Crippen LogP contribution in [-0.2, 0) is 0 Å². The van der Waals surface area contributed by atoms with E-state index in [1.807, 2.05) is 0 Å². The summed E-state index contributed by atoms with van der Waals surface area (Å²) in [6.07, 6.45) is 6.59. The van der Waals surface area contributed by atoms with Crippen LogP contribution in [0.4, 0.5) is 0 Å². The zero-order valence-corrected chi connectivity index (χ0v) is 13.5. The summed E-state index contributed by atoms with van der Waals surface area (Å²) in [6, 6.07) is 6.79. The van der Waals surface area contributed by atoms with E-state index in [4.69, 9.17) is 4.74 Å². The van der Waals surface area contributed by atoms with E-state index in [0.29, 0.717) is 6.04 Å². The Morgan fingerprint density at radius 2 is 2.21 bits per heavy atom. The molecule has 0 saturated heterocycles. The van der Waals surface area contributed by atoms with E-state index >= 15 is 0 Å². The van der Waals surface area contributed by atoms with Gasteiger partial charge >= 0.3 is 0 Å². The Balaban J connectivity index is 2.14. The highest BCUT2D eigenvalue weighted by Crippen LogP contribution is 2.38. The lowest BCUT2D eigenvalue weighted by atomic mass is 9.79. The molecule has 0 aliphatic heterocycles. The summed E-state index contributed by atoms with van der Waals surface area (Å²) in [4.78, 5) is 0. The minimum absolute atomic E-state index is 0.424. The van der Waals surface area contributed by atoms with Crippen molar-refractivity contribution in [1.29, 1.82) is 0 Å². The largest absolute Gasteiger partial charge is 0.496 e. The molecule has 19 heavy (non-hydrogen) atoms. The fourth-order valence-electron chi connectivity index (χ4n) is 2.67. The normalized spacial score (nSPS) is 17.0. The zero-order valence-electron chi connectivity index (χ0n) is 11.9. The standard InChI is InChI=1S/C16H24BrNO/c1-3-9-18-15(10-12-5-4-6-12)14-8-7-13(17)11-16(14)19-2/h7-8,11-12,15,18H,3-6,9-10H2,1-2H3. The maximum absolute atomic E-state index is 5.55. The average molecular weight is 326 g/mol. The van der Waals surface area contributed by atoms with Gasteiger partial charge in [-0.15, -0.1) is 0 Å². The Labute approximate surface area is 125 Å². The molecule has 0 bridgehead atoms. The molecule has 3 heteroatoms. The highest BCUT2D eigenvalue weighted by atomic mass is 79.9. The van der Waals surface area contributed by atoms with E-state index in [0.717, 1.165) is 22.7 Å². The van der Waals surface area contributed by atoms with Crippen LogP contribution >= 0.6 is 15.9 Å². The number of benzene rings is 1. The number of hydrogen-bond acceptors (Lipinski definition) is 2. The van der Waals surface area contributed by atoms with Crippen LogP contribution in [0.15, 0.2) is 22.7 Å². The number of hydrogen-bond donors (Lipinski definition) is 1. The number of methoxy groups -OCH3 is 1. The van der Waals surface area contributed by atoms with Crippen molar-refractivity contribution < 1.29 is 4.74 Å². The predicted molar refractivity (Wildman–Crippen MR) is 83.7 cm³/mol. The third-order valence-electron chi connectivity index (χ3n) is 4.01. The molecule has 2 nitrogen and oxygen atoms in total. The van der Waals surface area contributed by atoms with Gasteiger partial charge in [0.1, 0.15) is 5.75 Å². The first-order chi connectivity index (χ1) is 9.24. The SMILES string of the molecule is CCCNC(CC1CCC1)c1ccc(Br)cc1OC. The summed E-state index contributed by atoms with van der Waals surface area (Å²) in [5.74, 6) is 1.88. The molecule has 1 unspecified atom stereocenters. The molecule has 1 aliphatic rings. The van der Waals surface area contributed by atoms with Gasteiger partial charge in [-0.1, -0.05) is 48.2 Å². The third-order valence-corrected chi connectivity index (χ3v) is 4.50. The molecule has 1 N–H and O–H groups in total. The highest BCUT2D eigenvalue weighted by molar-refractivity contribution is 9.10. The number of halogens is 1. The van der Waals surface area contributed by atoms with Gasteiger partial charge in [0, 0.05) is 16.1 Å². The van der Waals surface area contributed by atoms with Crippen molar-refractivity contribution in [2.24, 2.45) is 5.92 Å². The van der Waals surface area contributed by atoms with E-state index in [1.165, 1.54) is 37.7 Å². The Morgan fingerprint density at radius 1 is 1.42 bits per heavy atom. The van der Waals surface area contributed by atoms with E-state index < -0.39 is 0 Å². The van der Waals surface area contributed by atoms with Gasteiger partial charge in [-0.2, -0.15) is 0 Å². The topological polar surface area (TPSA) is 21.3 Å². The monoisotopic (exact) mass is 325 g/mol. The summed E-state index contributed by atoms with van der Waals surface area (Å²) >= 11 is 3.51. The van der Waals surface area contributed by atoms with Crippen molar-refractivity contribution in [2.45, 2.75) is 45.1 Å². The van der Waals surface area contributed by atoms with E-state index in [1.54, 1.807) is 7.11 Å². The molecule has 0 spiro atoms. The molecule has 1 fully saturated rings. The average Bonchev–Trinajstić information content (AvgIpc) is 2.37. The number of nitrogens with one attached hydrogen (secondary N) is 1. The third kappa shape index (κ3) is 3.96. The molecule has 0 amide bonds. The van der Waals surface area contributed by atoms with Gasteiger partial charge in [-0.05, 0) is 37.4 Å². The minimum atomic E-state index is 0.424. The maximum atomic E-state index is 5.55. The van der Waals surface area contributed by atoms with Gasteiger partial charge in [0.25, 0.3) is 0 Å². The number of ether oxygens (including phenoxy) is 1. The van der Waals surface area contributed by atoms with E-state index in [-0.39, 0.29) is 0 Å². The molecule has 106 valence electrons. The lowest BCUT2D eigenvalue weighted by Gasteiger charge is -2.31. The van der Waals surface area contributed by atoms with Crippen LogP contribution in [0.2, 0.25) is 0 Å². The Hall–Kier alpha value is -0.540. The van der Waals surface area contributed by atoms with Crippen LogP contribution in [0.1, 0.15) is 50.6 Å². The molecule has 0 heterocycles.